The van der Waals surface area contributed by atoms with Gasteiger partial charge in [0.2, 0.25) is 0 Å². The molecule has 4 atom stereocenters. The fourth-order valence-electron chi connectivity index (χ4n) is 4.50. The van der Waals surface area contributed by atoms with Crippen molar-refractivity contribution in [3.63, 3.8) is 0 Å². The molecule has 3 nitrogen and oxygen atoms in total. The van der Waals surface area contributed by atoms with Crippen molar-refractivity contribution >= 4 is 5.78 Å². The Kier molecular flexibility index (Phi) is 4.11. The van der Waals surface area contributed by atoms with Crippen molar-refractivity contribution in [2.24, 2.45) is 0 Å². The van der Waals surface area contributed by atoms with E-state index in [4.69, 9.17) is 4.74 Å². The zero-order valence-corrected chi connectivity index (χ0v) is 14.1. The number of ether oxygens (including phenoxy) is 1. The minimum Gasteiger partial charge on any atom is -0.497 e. The largest absolute Gasteiger partial charge is 0.497 e. The molecule has 0 aromatic heterocycles. The van der Waals surface area contributed by atoms with Gasteiger partial charge in [0, 0.05) is 24.8 Å². The third-order valence-electron chi connectivity index (χ3n) is 5.75. The van der Waals surface area contributed by atoms with Crippen molar-refractivity contribution < 1.29 is 14.4 Å². The quantitative estimate of drug-likeness (QED) is 0.937. The highest BCUT2D eigenvalue weighted by molar-refractivity contribution is 5.90. The van der Waals surface area contributed by atoms with E-state index < -0.39 is 0 Å². The van der Waals surface area contributed by atoms with E-state index in [2.05, 4.69) is 42.5 Å². The van der Waals surface area contributed by atoms with E-state index in [1.165, 1.54) is 16.9 Å². The van der Waals surface area contributed by atoms with E-state index in [9.17, 15) is 4.79 Å². The number of carbonyl (C=O) groups excluding carboxylic acids is 1. The van der Waals surface area contributed by atoms with Gasteiger partial charge in [-0.2, -0.15) is 0 Å². The number of methoxy groups -OCH3 is 1. The second-order valence-electron chi connectivity index (χ2n) is 7.03. The van der Waals surface area contributed by atoms with Crippen LogP contribution in [0.4, 0.5) is 0 Å². The summed E-state index contributed by atoms with van der Waals surface area (Å²) in [7, 11) is 1.67. The van der Waals surface area contributed by atoms with E-state index in [0.29, 0.717) is 11.8 Å². The normalized spacial score (nSPS) is 28.8. The fourth-order valence-corrected chi connectivity index (χ4v) is 4.50. The molecular weight excluding hydrogens is 298 g/mol. The molecule has 4 rings (SSSR count). The lowest BCUT2D eigenvalue weighted by Crippen LogP contribution is -3.18. The zero-order valence-electron chi connectivity index (χ0n) is 14.1. The van der Waals surface area contributed by atoms with E-state index in [0.717, 1.165) is 30.7 Å². The van der Waals surface area contributed by atoms with Gasteiger partial charge in [0.25, 0.3) is 0 Å². The van der Waals surface area contributed by atoms with Crippen LogP contribution in [0.5, 0.6) is 5.75 Å². The maximum Gasteiger partial charge on any atom is 0.197 e. The number of nitrogens with one attached hydrogen (secondary N) is 1. The topological polar surface area (TPSA) is 30.7 Å². The molecule has 1 N–H and O–H groups in total. The number of hydrogen-bond donors (Lipinski definition) is 1. The number of quaternary nitrogens is 1. The Morgan fingerprint density at radius 2 is 1.79 bits per heavy atom. The Bertz CT molecular complexity index is 710. The van der Waals surface area contributed by atoms with Crippen LogP contribution in [0.2, 0.25) is 0 Å². The number of benzene rings is 2. The Labute approximate surface area is 143 Å². The molecule has 2 aromatic carbocycles. The first-order chi connectivity index (χ1) is 11.8. The average molecular weight is 322 g/mol. The number of ketones is 1. The summed E-state index contributed by atoms with van der Waals surface area (Å²) in [5.74, 6) is 1.34. The molecule has 24 heavy (non-hydrogen) atoms. The summed E-state index contributed by atoms with van der Waals surface area (Å²) >= 11 is 0. The van der Waals surface area contributed by atoms with Crippen LogP contribution >= 0.6 is 0 Å². The van der Waals surface area contributed by atoms with Crippen molar-refractivity contribution in [1.29, 1.82) is 0 Å². The maximum absolute atomic E-state index is 13.1. The molecule has 3 heteroatoms. The average Bonchev–Trinajstić information content (AvgIpc) is 2.93. The summed E-state index contributed by atoms with van der Waals surface area (Å²) in [6.07, 6.45) is 3.19. The number of hydrogen-bond acceptors (Lipinski definition) is 2. The van der Waals surface area contributed by atoms with E-state index in [-0.39, 0.29) is 12.0 Å². The fraction of sp³-hybridized carbons (Fsp3) is 0.381. The first kappa shape index (κ1) is 15.4. The second kappa shape index (κ2) is 6.40. The minimum absolute atomic E-state index is 0.0629. The van der Waals surface area contributed by atoms with Crippen LogP contribution in [0.15, 0.2) is 54.6 Å². The Morgan fingerprint density at radius 3 is 2.50 bits per heavy atom. The zero-order chi connectivity index (χ0) is 16.5. The van der Waals surface area contributed by atoms with Crippen LogP contribution < -0.4 is 9.64 Å². The van der Waals surface area contributed by atoms with Gasteiger partial charge < -0.3 is 9.64 Å². The van der Waals surface area contributed by atoms with Crippen LogP contribution in [0.25, 0.3) is 0 Å². The van der Waals surface area contributed by atoms with Gasteiger partial charge >= 0.3 is 0 Å². The van der Waals surface area contributed by atoms with Crippen molar-refractivity contribution in [2.45, 2.75) is 43.8 Å². The van der Waals surface area contributed by atoms with Crippen LogP contribution in [-0.2, 0) is 11.3 Å². The summed E-state index contributed by atoms with van der Waals surface area (Å²) in [5.41, 5.74) is 2.48. The lowest BCUT2D eigenvalue weighted by molar-refractivity contribution is -0.943. The summed E-state index contributed by atoms with van der Waals surface area (Å²) in [6.45, 7) is 0.969. The second-order valence-corrected chi connectivity index (χ2v) is 7.03. The molecule has 0 radical (unpaired) electrons. The predicted molar refractivity (Wildman–Crippen MR) is 93.3 cm³/mol. The predicted octanol–water partition coefficient (Wildman–Crippen LogP) is 2.37. The number of Topliss-reactive ketones (excluding diaryl/α,β-unsaturated/α-hetero) is 1. The number of rotatable bonds is 4. The number of piperidine rings is 1. The van der Waals surface area contributed by atoms with Gasteiger partial charge in [-0.3, -0.25) is 4.79 Å². The lowest BCUT2D eigenvalue weighted by Gasteiger charge is -2.35. The Hall–Kier alpha value is -2.13. The molecule has 0 aliphatic carbocycles. The molecule has 0 spiro atoms. The van der Waals surface area contributed by atoms with Crippen LogP contribution in [0.1, 0.15) is 36.3 Å². The van der Waals surface area contributed by atoms with Gasteiger partial charge in [0.1, 0.15) is 18.3 Å². The van der Waals surface area contributed by atoms with Crippen LogP contribution in [0.3, 0.4) is 0 Å². The molecule has 2 aliphatic rings. The summed E-state index contributed by atoms with van der Waals surface area (Å²) in [6, 6.07) is 19.4. The molecule has 124 valence electrons. The highest BCUT2D eigenvalue weighted by atomic mass is 16.5. The SMILES string of the molecule is COc1ccc([C@@H]2C[C@H]3CC[C@H](C2=O)[NH+]3Cc2ccccc2)cc1. The number of fused-ring (bicyclic) bond motifs is 2. The lowest BCUT2D eigenvalue weighted by atomic mass is 9.83. The summed E-state index contributed by atoms with van der Waals surface area (Å²) in [4.78, 5) is 14.6. The van der Waals surface area contributed by atoms with Crippen molar-refractivity contribution in [3.05, 3.63) is 65.7 Å². The molecule has 1 unspecified atom stereocenters. The molecule has 2 saturated heterocycles. The van der Waals surface area contributed by atoms with E-state index in [1.807, 2.05) is 12.1 Å². The van der Waals surface area contributed by atoms with Crippen LogP contribution in [0, 0.1) is 0 Å². The van der Waals surface area contributed by atoms with Gasteiger partial charge in [-0.25, -0.2) is 0 Å². The molecule has 2 aromatic rings. The van der Waals surface area contributed by atoms with Gasteiger partial charge in [0.15, 0.2) is 5.78 Å². The van der Waals surface area contributed by atoms with Gasteiger partial charge in [-0.1, -0.05) is 42.5 Å². The molecule has 2 fully saturated rings. The molecule has 0 saturated carbocycles. The molecular formula is C21H24NO2+. The molecule has 0 amide bonds. The third-order valence-corrected chi connectivity index (χ3v) is 5.75. The van der Waals surface area contributed by atoms with Crippen molar-refractivity contribution in [2.75, 3.05) is 7.11 Å². The monoisotopic (exact) mass is 322 g/mol. The van der Waals surface area contributed by atoms with Gasteiger partial charge in [0.05, 0.1) is 19.1 Å². The van der Waals surface area contributed by atoms with Gasteiger partial charge in [-0.15, -0.1) is 0 Å². The maximum atomic E-state index is 13.1. The van der Waals surface area contributed by atoms with Gasteiger partial charge in [-0.05, 0) is 17.7 Å². The van der Waals surface area contributed by atoms with Crippen LogP contribution in [-0.4, -0.2) is 25.0 Å². The molecule has 2 heterocycles. The van der Waals surface area contributed by atoms with E-state index in [1.54, 1.807) is 7.11 Å². The Balaban J connectivity index is 1.53. The van der Waals surface area contributed by atoms with E-state index >= 15 is 0 Å². The first-order valence-electron chi connectivity index (χ1n) is 8.83. The van der Waals surface area contributed by atoms with Crippen molar-refractivity contribution in [1.82, 2.24) is 0 Å². The first-order valence-corrected chi connectivity index (χ1v) is 8.83. The summed E-state index contributed by atoms with van der Waals surface area (Å²) in [5, 5.41) is 0. The molecule has 2 bridgehead atoms. The minimum atomic E-state index is 0.0629. The number of carbonyl (C=O) groups is 1. The summed E-state index contributed by atoms with van der Waals surface area (Å²) < 4.78 is 5.23. The highest BCUT2D eigenvalue weighted by Crippen LogP contribution is 2.33. The Morgan fingerprint density at radius 1 is 1.04 bits per heavy atom. The highest BCUT2D eigenvalue weighted by Gasteiger charge is 2.50. The molecule has 2 aliphatic heterocycles. The van der Waals surface area contributed by atoms with Crippen molar-refractivity contribution in [3.8, 4) is 5.75 Å². The third kappa shape index (κ3) is 2.73. The standard InChI is InChI=1S/C21H23NO2/c1-24-18-10-7-16(8-11-18)19-13-17-9-12-20(21(19)23)22(17)14-15-5-3-2-4-6-15/h2-8,10-11,17,19-20H,9,12-14H2,1H3/p+1/t17-,19+,20-/m1/s1. The smallest absolute Gasteiger partial charge is 0.197 e.